The van der Waals surface area contributed by atoms with Crippen molar-refractivity contribution >= 4 is 35.8 Å². The molecule has 0 radical (unpaired) electrons. The first-order valence-corrected chi connectivity index (χ1v) is 16.3. The van der Waals surface area contributed by atoms with Crippen LogP contribution in [0.5, 0.6) is 0 Å². The minimum absolute atomic E-state index is 0.138. The SMILES string of the molecule is CCC1(C)OC(=O)C(C=CC=CC=C2C(=O)OC3(CCC4(CC3)OC(=O)C(=C/C=C/C=C/C3=C(O)OC(C)(CC)OC3=O)C(=O)O4)OC2=O)=C(O)O1. The average Bonchev–Trinajstić information content (AvgIpc) is 3.06. The molecule has 0 amide bonds. The lowest BCUT2D eigenvalue weighted by Crippen LogP contribution is -2.56. The third-order valence-corrected chi connectivity index (χ3v) is 8.69. The molecule has 16 heteroatoms. The highest BCUT2D eigenvalue weighted by molar-refractivity contribution is 6.16. The number of aliphatic hydroxyl groups is 2. The van der Waals surface area contributed by atoms with E-state index in [0.29, 0.717) is 12.8 Å². The number of allylic oxidation sites excluding steroid dienone is 8. The Morgan fingerprint density at radius 2 is 0.808 bits per heavy atom. The summed E-state index contributed by atoms with van der Waals surface area (Å²) in [6.45, 7) is 6.45. The molecule has 4 aliphatic heterocycles. The molecule has 1 aliphatic carbocycles. The number of hydrogen-bond donors (Lipinski definition) is 2. The average molecular weight is 725 g/mol. The molecular weight excluding hydrogens is 688 g/mol. The molecule has 2 atom stereocenters. The normalized spacial score (nSPS) is 31.2. The van der Waals surface area contributed by atoms with Gasteiger partial charge in [0.25, 0.3) is 35.0 Å². The molecule has 0 aromatic rings. The van der Waals surface area contributed by atoms with Gasteiger partial charge in [0.1, 0.15) is 22.3 Å². The van der Waals surface area contributed by atoms with Crippen molar-refractivity contribution in [3.05, 3.63) is 94.9 Å². The summed E-state index contributed by atoms with van der Waals surface area (Å²) < 4.78 is 42.8. The van der Waals surface area contributed by atoms with Gasteiger partial charge in [-0.3, -0.25) is 0 Å². The van der Waals surface area contributed by atoms with E-state index < -0.39 is 82.0 Å². The van der Waals surface area contributed by atoms with E-state index in [4.69, 9.17) is 37.9 Å². The van der Waals surface area contributed by atoms with Gasteiger partial charge in [-0.25, -0.2) is 28.8 Å². The van der Waals surface area contributed by atoms with Gasteiger partial charge in [-0.05, 0) is 24.3 Å². The van der Waals surface area contributed by atoms with E-state index in [1.54, 1.807) is 13.8 Å². The molecule has 276 valence electrons. The highest BCUT2D eigenvalue weighted by atomic mass is 16.8. The van der Waals surface area contributed by atoms with Gasteiger partial charge in [-0.15, -0.1) is 0 Å². The van der Waals surface area contributed by atoms with Gasteiger partial charge in [0, 0.05) is 52.4 Å². The van der Waals surface area contributed by atoms with Gasteiger partial charge in [0.05, 0.1) is 0 Å². The van der Waals surface area contributed by atoms with Crippen LogP contribution in [-0.4, -0.2) is 69.2 Å². The van der Waals surface area contributed by atoms with Crippen LogP contribution in [0, 0.1) is 0 Å². The highest BCUT2D eigenvalue weighted by Crippen LogP contribution is 2.45. The number of ether oxygens (including phenoxy) is 8. The maximum absolute atomic E-state index is 12.8. The van der Waals surface area contributed by atoms with Gasteiger partial charge in [-0.2, -0.15) is 0 Å². The second-order valence-electron chi connectivity index (χ2n) is 12.4. The Kier molecular flexibility index (Phi) is 10.2. The molecule has 4 heterocycles. The summed E-state index contributed by atoms with van der Waals surface area (Å²) in [5, 5.41) is 20.1. The maximum Gasteiger partial charge on any atom is 0.348 e. The van der Waals surface area contributed by atoms with Crippen LogP contribution in [0.2, 0.25) is 0 Å². The van der Waals surface area contributed by atoms with Crippen molar-refractivity contribution in [1.29, 1.82) is 0 Å². The van der Waals surface area contributed by atoms with Crippen LogP contribution >= 0.6 is 0 Å². The molecule has 0 aromatic heterocycles. The van der Waals surface area contributed by atoms with Gasteiger partial charge >= 0.3 is 35.8 Å². The van der Waals surface area contributed by atoms with E-state index in [9.17, 15) is 39.0 Å². The Labute approximate surface area is 296 Å². The zero-order chi connectivity index (χ0) is 37.9. The monoisotopic (exact) mass is 724 g/mol. The molecule has 0 aromatic carbocycles. The van der Waals surface area contributed by atoms with Crippen molar-refractivity contribution in [3.63, 3.8) is 0 Å². The number of cyclic esters (lactones) is 2. The van der Waals surface area contributed by atoms with Crippen molar-refractivity contribution in [2.24, 2.45) is 0 Å². The molecule has 52 heavy (non-hydrogen) atoms. The molecule has 2 N–H and O–H groups in total. The van der Waals surface area contributed by atoms with Gasteiger partial charge in [0.15, 0.2) is 0 Å². The predicted molar refractivity (Wildman–Crippen MR) is 172 cm³/mol. The van der Waals surface area contributed by atoms with E-state index in [1.807, 2.05) is 0 Å². The second kappa shape index (κ2) is 14.3. The lowest BCUT2D eigenvalue weighted by atomic mass is 9.87. The van der Waals surface area contributed by atoms with Crippen LogP contribution in [0.3, 0.4) is 0 Å². The molecular formula is C36H36O16. The minimum Gasteiger partial charge on any atom is -0.480 e. The maximum atomic E-state index is 12.8. The van der Waals surface area contributed by atoms with Gasteiger partial charge in [0.2, 0.25) is 0 Å². The summed E-state index contributed by atoms with van der Waals surface area (Å²) in [6.07, 6.45) is 12.9. The van der Waals surface area contributed by atoms with Crippen LogP contribution in [-0.2, 0) is 66.7 Å². The van der Waals surface area contributed by atoms with Crippen LogP contribution in [0.1, 0.15) is 66.2 Å². The summed E-state index contributed by atoms with van der Waals surface area (Å²) in [6, 6.07) is 0. The second-order valence-corrected chi connectivity index (χ2v) is 12.4. The first-order chi connectivity index (χ1) is 24.5. The third kappa shape index (κ3) is 7.80. The number of esters is 6. The van der Waals surface area contributed by atoms with Crippen molar-refractivity contribution in [3.8, 4) is 0 Å². The van der Waals surface area contributed by atoms with E-state index in [0.717, 1.165) is 12.2 Å². The number of carbonyl (C=O) groups excluding carboxylic acids is 6. The quantitative estimate of drug-likeness (QED) is 0.118. The van der Waals surface area contributed by atoms with E-state index in [1.165, 1.54) is 62.5 Å². The molecule has 5 aliphatic rings. The fraction of sp³-hybridized carbons (Fsp3) is 0.389. The summed E-state index contributed by atoms with van der Waals surface area (Å²) in [5.41, 5.74) is -1.27. The lowest BCUT2D eigenvalue weighted by Gasteiger charge is -2.45. The predicted octanol–water partition coefficient (Wildman–Crippen LogP) is 4.17. The Morgan fingerprint density at radius 1 is 0.481 bits per heavy atom. The minimum atomic E-state index is -1.67. The summed E-state index contributed by atoms with van der Waals surface area (Å²) in [7, 11) is 0. The van der Waals surface area contributed by atoms with Crippen molar-refractivity contribution in [2.75, 3.05) is 0 Å². The molecule has 3 fully saturated rings. The summed E-state index contributed by atoms with van der Waals surface area (Å²) in [4.78, 5) is 75.6. The summed E-state index contributed by atoms with van der Waals surface area (Å²) >= 11 is 0. The zero-order valence-electron chi connectivity index (χ0n) is 28.6. The number of carbonyl (C=O) groups is 6. The molecule has 5 rings (SSSR count). The Bertz CT molecular complexity index is 1650. The fourth-order valence-corrected chi connectivity index (χ4v) is 5.34. The topological polar surface area (TPSA) is 217 Å². The smallest absolute Gasteiger partial charge is 0.348 e. The van der Waals surface area contributed by atoms with E-state index in [2.05, 4.69) is 0 Å². The summed E-state index contributed by atoms with van der Waals surface area (Å²) in [5.74, 6) is -12.5. The third-order valence-electron chi connectivity index (χ3n) is 8.69. The Balaban J connectivity index is 1.14. The molecule has 16 nitrogen and oxygen atoms in total. The largest absolute Gasteiger partial charge is 0.480 e. The molecule has 2 saturated heterocycles. The molecule has 0 bridgehead atoms. The Morgan fingerprint density at radius 3 is 1.10 bits per heavy atom. The number of aliphatic hydroxyl groups excluding tert-OH is 2. The first-order valence-electron chi connectivity index (χ1n) is 16.3. The van der Waals surface area contributed by atoms with Crippen molar-refractivity contribution < 1.29 is 76.9 Å². The van der Waals surface area contributed by atoms with E-state index >= 15 is 0 Å². The fourth-order valence-electron chi connectivity index (χ4n) is 5.34. The first kappa shape index (κ1) is 37.2. The van der Waals surface area contributed by atoms with Crippen LogP contribution in [0.25, 0.3) is 0 Å². The van der Waals surface area contributed by atoms with Gasteiger partial charge < -0.3 is 48.1 Å². The highest BCUT2D eigenvalue weighted by Gasteiger charge is 2.56. The molecule has 1 saturated carbocycles. The number of hydrogen-bond acceptors (Lipinski definition) is 16. The Hall–Kier alpha value is -6.06. The van der Waals surface area contributed by atoms with Crippen LogP contribution in [0.4, 0.5) is 0 Å². The lowest BCUT2D eigenvalue weighted by molar-refractivity contribution is -0.291. The van der Waals surface area contributed by atoms with Crippen LogP contribution < -0.4 is 0 Å². The van der Waals surface area contributed by atoms with Crippen LogP contribution in [0.15, 0.2) is 94.9 Å². The number of rotatable bonds is 8. The zero-order valence-corrected chi connectivity index (χ0v) is 28.6. The molecule has 2 spiro atoms. The van der Waals surface area contributed by atoms with Gasteiger partial charge in [-0.1, -0.05) is 50.3 Å². The van der Waals surface area contributed by atoms with Crippen molar-refractivity contribution in [1.82, 2.24) is 0 Å². The molecule has 2 unspecified atom stereocenters. The standard InChI is InChI=1S/C36H36O16/c1-5-33(3)45-25(37)21(26(38)46-33)13-9-7-11-15-23-29(41)49-35(50-30(23)42)17-19-36(20-18-35)51-31(43)24(32(44)52-36)16-12-8-10-14-22-27(39)47-34(4,6-2)48-28(22)40/h7-16,37,39H,5-6,17-20H2,1-4H3/b11-7+,12-8?,13-9+,14-10?,23-15?,24-16?. The van der Waals surface area contributed by atoms with Crippen molar-refractivity contribution in [2.45, 2.75) is 89.4 Å². The van der Waals surface area contributed by atoms with E-state index in [-0.39, 0.29) is 36.8 Å².